The molecule has 0 saturated carbocycles. The average molecular weight is 280 g/mol. The fraction of sp³-hybridized carbons (Fsp3) is 0.733. The van der Waals surface area contributed by atoms with E-state index in [2.05, 4.69) is 29.6 Å². The van der Waals surface area contributed by atoms with Crippen molar-refractivity contribution in [2.24, 2.45) is 13.0 Å². The van der Waals surface area contributed by atoms with Crippen LogP contribution in [0.25, 0.3) is 0 Å². The van der Waals surface area contributed by atoms with Crippen molar-refractivity contribution in [3.63, 3.8) is 0 Å². The Morgan fingerprint density at radius 1 is 1.30 bits per heavy atom. The lowest BCUT2D eigenvalue weighted by Gasteiger charge is -2.15. The second-order valence-corrected chi connectivity index (χ2v) is 5.85. The van der Waals surface area contributed by atoms with Crippen molar-refractivity contribution in [2.45, 2.75) is 53.6 Å². The molecule has 1 heterocycles. The van der Waals surface area contributed by atoms with Crippen LogP contribution in [0.3, 0.4) is 0 Å². The maximum absolute atomic E-state index is 11.9. The minimum Gasteiger partial charge on any atom is -0.355 e. The molecule has 20 heavy (non-hydrogen) atoms. The van der Waals surface area contributed by atoms with Crippen LogP contribution in [0.2, 0.25) is 0 Å². The number of amides is 1. The molecule has 0 aromatic carbocycles. The van der Waals surface area contributed by atoms with Gasteiger partial charge in [-0.25, -0.2) is 0 Å². The number of carbonyl (C=O) groups excluding carboxylic acids is 1. The van der Waals surface area contributed by atoms with E-state index in [-0.39, 0.29) is 11.9 Å². The molecule has 0 aliphatic rings. The maximum atomic E-state index is 11.9. The highest BCUT2D eigenvalue weighted by molar-refractivity contribution is 5.81. The average Bonchev–Trinajstić information content (AvgIpc) is 2.60. The minimum absolute atomic E-state index is 0.0600. The van der Waals surface area contributed by atoms with Crippen molar-refractivity contribution in [3.05, 3.63) is 17.0 Å². The molecule has 1 unspecified atom stereocenters. The zero-order chi connectivity index (χ0) is 15.3. The van der Waals surface area contributed by atoms with Crippen LogP contribution < -0.4 is 10.6 Å². The molecular formula is C15H28N4O. The van der Waals surface area contributed by atoms with Gasteiger partial charge in [0.05, 0.1) is 11.7 Å². The molecule has 0 saturated heterocycles. The van der Waals surface area contributed by atoms with Crippen molar-refractivity contribution in [1.82, 2.24) is 20.4 Å². The topological polar surface area (TPSA) is 59.0 Å². The fourth-order valence-corrected chi connectivity index (χ4v) is 2.06. The molecule has 1 aromatic rings. The summed E-state index contributed by atoms with van der Waals surface area (Å²) < 4.78 is 1.87. The van der Waals surface area contributed by atoms with Gasteiger partial charge in [-0.2, -0.15) is 5.10 Å². The summed E-state index contributed by atoms with van der Waals surface area (Å²) in [6.45, 7) is 11.7. The number of hydrogen-bond donors (Lipinski definition) is 2. The summed E-state index contributed by atoms with van der Waals surface area (Å²) >= 11 is 0. The Morgan fingerprint density at radius 2 is 1.95 bits per heavy atom. The predicted octanol–water partition coefficient (Wildman–Crippen LogP) is 1.68. The Hall–Kier alpha value is -1.36. The van der Waals surface area contributed by atoms with Gasteiger partial charge in [0, 0.05) is 31.4 Å². The number of aromatic nitrogens is 2. The summed E-state index contributed by atoms with van der Waals surface area (Å²) in [5.74, 6) is 0.670. The lowest BCUT2D eigenvalue weighted by atomic mass is 10.1. The Bertz CT molecular complexity index is 451. The first-order valence-electron chi connectivity index (χ1n) is 7.33. The molecule has 0 spiro atoms. The lowest BCUT2D eigenvalue weighted by Crippen LogP contribution is -2.42. The maximum Gasteiger partial charge on any atom is 0.236 e. The van der Waals surface area contributed by atoms with Gasteiger partial charge in [0.1, 0.15) is 0 Å². The second kappa shape index (κ2) is 7.43. The van der Waals surface area contributed by atoms with Crippen molar-refractivity contribution in [3.8, 4) is 0 Å². The summed E-state index contributed by atoms with van der Waals surface area (Å²) in [4.78, 5) is 11.9. The Morgan fingerprint density at radius 3 is 2.45 bits per heavy atom. The van der Waals surface area contributed by atoms with E-state index in [9.17, 15) is 4.79 Å². The van der Waals surface area contributed by atoms with Gasteiger partial charge in [0.25, 0.3) is 0 Å². The van der Waals surface area contributed by atoms with Crippen LogP contribution in [0, 0.1) is 19.8 Å². The highest BCUT2D eigenvalue weighted by atomic mass is 16.2. The van der Waals surface area contributed by atoms with Gasteiger partial charge in [-0.05, 0) is 33.1 Å². The molecule has 114 valence electrons. The molecule has 1 aromatic heterocycles. The van der Waals surface area contributed by atoms with Gasteiger partial charge in [-0.15, -0.1) is 0 Å². The first-order valence-corrected chi connectivity index (χ1v) is 7.33. The Balaban J connectivity index is 2.42. The number of carbonyl (C=O) groups is 1. The molecule has 5 heteroatoms. The normalized spacial score (nSPS) is 12.8. The van der Waals surface area contributed by atoms with E-state index in [1.165, 1.54) is 5.56 Å². The molecule has 1 amide bonds. The third-order valence-electron chi connectivity index (χ3n) is 3.66. The highest BCUT2D eigenvalue weighted by Gasteiger charge is 2.14. The van der Waals surface area contributed by atoms with E-state index in [4.69, 9.17) is 0 Å². The SMILES string of the molecule is Cc1nn(C)c(C)c1CNC(C)C(=O)NCCC(C)C. The van der Waals surface area contributed by atoms with Gasteiger partial charge < -0.3 is 10.6 Å². The van der Waals surface area contributed by atoms with E-state index in [1.807, 2.05) is 32.5 Å². The van der Waals surface area contributed by atoms with E-state index in [0.717, 1.165) is 24.4 Å². The smallest absolute Gasteiger partial charge is 0.236 e. The number of rotatable bonds is 7. The number of nitrogens with one attached hydrogen (secondary N) is 2. The quantitative estimate of drug-likeness (QED) is 0.799. The molecule has 0 bridgehead atoms. The van der Waals surface area contributed by atoms with Crippen molar-refractivity contribution < 1.29 is 4.79 Å². The van der Waals surface area contributed by atoms with Gasteiger partial charge >= 0.3 is 0 Å². The first-order chi connectivity index (χ1) is 9.32. The Labute approximate surface area is 122 Å². The molecule has 1 atom stereocenters. The standard InChI is InChI=1S/C15H28N4O/c1-10(2)7-8-16-15(20)12(4)17-9-14-11(3)18-19(6)13(14)5/h10,12,17H,7-9H2,1-6H3,(H,16,20). The van der Waals surface area contributed by atoms with E-state index < -0.39 is 0 Å². The van der Waals surface area contributed by atoms with Crippen molar-refractivity contribution in [1.29, 1.82) is 0 Å². The van der Waals surface area contributed by atoms with Crippen molar-refractivity contribution in [2.75, 3.05) is 6.54 Å². The zero-order valence-electron chi connectivity index (χ0n) is 13.6. The first kappa shape index (κ1) is 16.7. The summed E-state index contributed by atoms with van der Waals surface area (Å²) in [7, 11) is 1.94. The van der Waals surface area contributed by atoms with E-state index >= 15 is 0 Å². The summed E-state index contributed by atoms with van der Waals surface area (Å²) in [5, 5.41) is 10.6. The lowest BCUT2D eigenvalue weighted by molar-refractivity contribution is -0.122. The fourth-order valence-electron chi connectivity index (χ4n) is 2.06. The van der Waals surface area contributed by atoms with Crippen LogP contribution in [-0.4, -0.2) is 28.3 Å². The van der Waals surface area contributed by atoms with E-state index in [1.54, 1.807) is 0 Å². The molecule has 0 aliphatic heterocycles. The van der Waals surface area contributed by atoms with Crippen LogP contribution >= 0.6 is 0 Å². The van der Waals surface area contributed by atoms with Crippen LogP contribution in [0.15, 0.2) is 0 Å². The van der Waals surface area contributed by atoms with Crippen LogP contribution in [-0.2, 0) is 18.4 Å². The third kappa shape index (κ3) is 4.63. The van der Waals surface area contributed by atoms with Crippen LogP contribution in [0.1, 0.15) is 44.1 Å². The van der Waals surface area contributed by atoms with E-state index in [0.29, 0.717) is 12.5 Å². The van der Waals surface area contributed by atoms with Gasteiger partial charge in [0.2, 0.25) is 5.91 Å². The summed E-state index contributed by atoms with van der Waals surface area (Å²) in [6, 6.07) is -0.193. The monoisotopic (exact) mass is 280 g/mol. The molecule has 5 nitrogen and oxygen atoms in total. The number of aryl methyl sites for hydroxylation is 2. The van der Waals surface area contributed by atoms with Crippen LogP contribution in [0.4, 0.5) is 0 Å². The largest absolute Gasteiger partial charge is 0.355 e. The molecule has 0 aliphatic carbocycles. The highest BCUT2D eigenvalue weighted by Crippen LogP contribution is 2.11. The summed E-state index contributed by atoms with van der Waals surface area (Å²) in [6.07, 6.45) is 1.01. The van der Waals surface area contributed by atoms with Gasteiger partial charge in [0.15, 0.2) is 0 Å². The predicted molar refractivity (Wildman–Crippen MR) is 81.4 cm³/mol. The summed E-state index contributed by atoms with van der Waals surface area (Å²) in [5.41, 5.74) is 3.33. The van der Waals surface area contributed by atoms with Crippen molar-refractivity contribution >= 4 is 5.91 Å². The zero-order valence-corrected chi connectivity index (χ0v) is 13.6. The van der Waals surface area contributed by atoms with Gasteiger partial charge in [-0.1, -0.05) is 13.8 Å². The molecule has 1 rings (SSSR count). The van der Waals surface area contributed by atoms with Crippen LogP contribution in [0.5, 0.6) is 0 Å². The number of hydrogen-bond acceptors (Lipinski definition) is 3. The second-order valence-electron chi connectivity index (χ2n) is 5.85. The Kier molecular flexibility index (Phi) is 6.20. The third-order valence-corrected chi connectivity index (χ3v) is 3.66. The molecule has 0 fully saturated rings. The molecule has 0 radical (unpaired) electrons. The number of nitrogens with zero attached hydrogens (tertiary/aromatic N) is 2. The minimum atomic E-state index is -0.193. The molecular weight excluding hydrogens is 252 g/mol. The van der Waals surface area contributed by atoms with Gasteiger partial charge in [-0.3, -0.25) is 9.48 Å². The molecule has 2 N–H and O–H groups in total.